The number of ether oxygens (including phenoxy) is 1. The highest BCUT2D eigenvalue weighted by Gasteiger charge is 2.11. The summed E-state index contributed by atoms with van der Waals surface area (Å²) in [7, 11) is 1.58. The second kappa shape index (κ2) is 9.05. The number of aromatic nitrogens is 2. The lowest BCUT2D eigenvalue weighted by Crippen LogP contribution is -2.27. The first-order chi connectivity index (χ1) is 9.95. The van der Waals surface area contributed by atoms with Crippen molar-refractivity contribution in [2.45, 2.75) is 52.6 Å². The van der Waals surface area contributed by atoms with Crippen LogP contribution in [0.1, 0.15) is 40.0 Å². The highest BCUT2D eigenvalue weighted by Crippen LogP contribution is 2.18. The molecule has 6 heteroatoms. The minimum Gasteiger partial charge on any atom is -0.383 e. The molecule has 0 aromatic carbocycles. The Morgan fingerprint density at radius 2 is 2.10 bits per heavy atom. The smallest absolute Gasteiger partial charge is 0.287 e. The van der Waals surface area contributed by atoms with Gasteiger partial charge in [-0.1, -0.05) is 38.3 Å². The molecule has 5 nitrogen and oxygen atoms in total. The van der Waals surface area contributed by atoms with E-state index in [0.29, 0.717) is 24.8 Å². The first-order valence-electron chi connectivity index (χ1n) is 7.46. The maximum atomic E-state index is 12.1. The summed E-state index contributed by atoms with van der Waals surface area (Å²) in [4.78, 5) is 12.1. The van der Waals surface area contributed by atoms with Crippen LogP contribution in [0.4, 0.5) is 5.69 Å². The molecule has 0 bridgehead atoms. The van der Waals surface area contributed by atoms with Crippen molar-refractivity contribution >= 4 is 17.3 Å². The summed E-state index contributed by atoms with van der Waals surface area (Å²) in [6.07, 6.45) is 5.01. The zero-order valence-corrected chi connectivity index (χ0v) is 14.1. The molecule has 0 saturated heterocycles. The molecule has 0 aliphatic rings. The van der Waals surface area contributed by atoms with E-state index in [-0.39, 0.29) is 16.6 Å². The van der Waals surface area contributed by atoms with Gasteiger partial charge in [0, 0.05) is 13.2 Å². The molecule has 1 aromatic heterocycles. The Bertz CT molecular complexity index is 488. The topological polar surface area (TPSA) is 56.1 Å². The summed E-state index contributed by atoms with van der Waals surface area (Å²) in [6, 6.07) is 0.261. The fourth-order valence-electron chi connectivity index (χ4n) is 2.07. The molecule has 1 aromatic rings. The van der Waals surface area contributed by atoms with Crippen LogP contribution >= 0.6 is 11.6 Å². The van der Waals surface area contributed by atoms with Crippen molar-refractivity contribution in [3.8, 4) is 0 Å². The second-order valence-corrected chi connectivity index (χ2v) is 6.14. The lowest BCUT2D eigenvalue weighted by atomic mass is 10.0. The van der Waals surface area contributed by atoms with Gasteiger partial charge in [-0.05, 0) is 19.3 Å². The lowest BCUT2D eigenvalue weighted by Gasteiger charge is -2.17. The Labute approximate surface area is 131 Å². The fraction of sp³-hybridized carbons (Fsp3) is 0.733. The zero-order valence-electron chi connectivity index (χ0n) is 13.4. The van der Waals surface area contributed by atoms with Crippen molar-refractivity contribution in [1.29, 1.82) is 0 Å². The number of methoxy groups -OCH3 is 1. The number of anilines is 1. The van der Waals surface area contributed by atoms with Gasteiger partial charge in [0.25, 0.3) is 5.56 Å². The van der Waals surface area contributed by atoms with Crippen LogP contribution in [0.15, 0.2) is 11.0 Å². The van der Waals surface area contributed by atoms with Gasteiger partial charge in [-0.3, -0.25) is 4.79 Å². The van der Waals surface area contributed by atoms with Gasteiger partial charge in [-0.25, -0.2) is 4.68 Å². The van der Waals surface area contributed by atoms with Crippen LogP contribution in [0.2, 0.25) is 5.02 Å². The van der Waals surface area contributed by atoms with Gasteiger partial charge in [0.2, 0.25) is 0 Å². The van der Waals surface area contributed by atoms with Gasteiger partial charge in [-0.15, -0.1) is 0 Å². The van der Waals surface area contributed by atoms with E-state index < -0.39 is 0 Å². The highest BCUT2D eigenvalue weighted by molar-refractivity contribution is 6.32. The minimum atomic E-state index is -0.284. The van der Waals surface area contributed by atoms with Crippen LogP contribution in [0.25, 0.3) is 0 Å². The highest BCUT2D eigenvalue weighted by atomic mass is 35.5. The molecule has 1 heterocycles. The maximum Gasteiger partial charge on any atom is 0.287 e. The van der Waals surface area contributed by atoms with Crippen molar-refractivity contribution in [2.75, 3.05) is 19.0 Å². The van der Waals surface area contributed by atoms with Gasteiger partial charge in [0.15, 0.2) is 0 Å². The largest absolute Gasteiger partial charge is 0.383 e. The van der Waals surface area contributed by atoms with Crippen LogP contribution in [0.5, 0.6) is 0 Å². The van der Waals surface area contributed by atoms with E-state index in [1.807, 2.05) is 0 Å². The summed E-state index contributed by atoms with van der Waals surface area (Å²) in [6.45, 7) is 7.37. The molecular formula is C15H26ClN3O2. The number of halogens is 1. The summed E-state index contributed by atoms with van der Waals surface area (Å²) >= 11 is 6.13. The summed E-state index contributed by atoms with van der Waals surface area (Å²) < 4.78 is 6.26. The van der Waals surface area contributed by atoms with E-state index in [9.17, 15) is 4.79 Å². The van der Waals surface area contributed by atoms with Crippen molar-refractivity contribution in [3.05, 3.63) is 21.6 Å². The number of nitrogens with zero attached hydrogens (tertiary/aromatic N) is 2. The van der Waals surface area contributed by atoms with Gasteiger partial charge >= 0.3 is 0 Å². The Balaban J connectivity index is 2.63. The van der Waals surface area contributed by atoms with Crippen molar-refractivity contribution in [3.63, 3.8) is 0 Å². The van der Waals surface area contributed by atoms with Crippen molar-refractivity contribution in [2.24, 2.45) is 5.92 Å². The van der Waals surface area contributed by atoms with Gasteiger partial charge in [-0.2, -0.15) is 5.10 Å². The van der Waals surface area contributed by atoms with Gasteiger partial charge in [0.1, 0.15) is 5.02 Å². The van der Waals surface area contributed by atoms with Crippen LogP contribution in [0, 0.1) is 5.92 Å². The monoisotopic (exact) mass is 315 g/mol. The molecule has 0 saturated carbocycles. The predicted molar refractivity (Wildman–Crippen MR) is 87.2 cm³/mol. The molecule has 0 amide bonds. The number of rotatable bonds is 9. The van der Waals surface area contributed by atoms with E-state index in [1.165, 1.54) is 11.1 Å². The summed E-state index contributed by atoms with van der Waals surface area (Å²) in [5, 5.41) is 7.58. The molecule has 0 aliphatic heterocycles. The molecule has 1 rings (SSSR count). The Kier molecular flexibility index (Phi) is 7.75. The number of hydrogen-bond donors (Lipinski definition) is 1. The maximum absolute atomic E-state index is 12.1. The van der Waals surface area contributed by atoms with E-state index in [2.05, 4.69) is 31.2 Å². The van der Waals surface area contributed by atoms with Gasteiger partial charge < -0.3 is 10.1 Å². The van der Waals surface area contributed by atoms with E-state index >= 15 is 0 Å². The molecule has 1 unspecified atom stereocenters. The molecule has 0 fully saturated rings. The van der Waals surface area contributed by atoms with E-state index in [4.69, 9.17) is 16.3 Å². The van der Waals surface area contributed by atoms with E-state index in [0.717, 1.165) is 12.8 Å². The number of nitrogens with one attached hydrogen (secondary N) is 1. The molecule has 0 radical (unpaired) electrons. The van der Waals surface area contributed by atoms with Crippen LogP contribution in [-0.2, 0) is 11.3 Å². The third-order valence-electron chi connectivity index (χ3n) is 3.31. The average Bonchev–Trinajstić information content (AvgIpc) is 2.43. The van der Waals surface area contributed by atoms with Crippen LogP contribution < -0.4 is 10.9 Å². The molecular weight excluding hydrogens is 290 g/mol. The first kappa shape index (κ1) is 18.0. The second-order valence-electron chi connectivity index (χ2n) is 5.76. The van der Waals surface area contributed by atoms with Crippen molar-refractivity contribution in [1.82, 2.24) is 9.78 Å². The zero-order chi connectivity index (χ0) is 15.8. The van der Waals surface area contributed by atoms with Crippen LogP contribution in [-0.4, -0.2) is 29.5 Å². The molecule has 21 heavy (non-hydrogen) atoms. The molecule has 1 atom stereocenters. The predicted octanol–water partition coefficient (Wildman–Crippen LogP) is 3.17. The Morgan fingerprint density at radius 3 is 2.71 bits per heavy atom. The minimum absolute atomic E-state index is 0.191. The Hall–Kier alpha value is -1.07. The van der Waals surface area contributed by atoms with Crippen LogP contribution in [0.3, 0.4) is 0 Å². The van der Waals surface area contributed by atoms with Crippen molar-refractivity contribution < 1.29 is 4.74 Å². The molecule has 0 spiro atoms. The summed E-state index contributed by atoms with van der Waals surface area (Å²) in [5.74, 6) is 0.715. The SMILES string of the molecule is COCCn1ncc(NC(C)CCCC(C)C)c(Cl)c1=O. The van der Waals surface area contributed by atoms with Gasteiger partial charge in [0.05, 0.1) is 25.0 Å². The Morgan fingerprint density at radius 1 is 1.38 bits per heavy atom. The lowest BCUT2D eigenvalue weighted by molar-refractivity contribution is 0.182. The van der Waals surface area contributed by atoms with E-state index in [1.54, 1.807) is 13.3 Å². The quantitative estimate of drug-likeness (QED) is 0.760. The fourth-order valence-corrected chi connectivity index (χ4v) is 2.27. The third-order valence-corrected chi connectivity index (χ3v) is 3.68. The first-order valence-corrected chi connectivity index (χ1v) is 7.84. The normalized spacial score (nSPS) is 12.7. The summed E-state index contributed by atoms with van der Waals surface area (Å²) in [5.41, 5.74) is 0.320. The molecule has 120 valence electrons. The standard InChI is InChI=1S/C15H26ClN3O2/c1-11(2)6-5-7-12(3)18-13-10-17-19(8-9-21-4)15(20)14(13)16/h10-12,18H,5-9H2,1-4H3. The number of hydrogen-bond acceptors (Lipinski definition) is 4. The molecule has 1 N–H and O–H groups in total. The third kappa shape index (κ3) is 6.06. The molecule has 0 aliphatic carbocycles. The average molecular weight is 316 g/mol.